The minimum Gasteiger partial charge on any atom is -0.392 e. The van der Waals surface area contributed by atoms with Crippen LogP contribution in [0, 0.1) is 0 Å². The lowest BCUT2D eigenvalue weighted by Crippen LogP contribution is -2.41. The number of hydrogen-bond donors (Lipinski definition) is 3. The number of alkyl halides is 3. The molecule has 0 unspecified atom stereocenters. The van der Waals surface area contributed by atoms with Crippen molar-refractivity contribution in [3.63, 3.8) is 0 Å². The van der Waals surface area contributed by atoms with E-state index < -0.39 is 29.9 Å². The summed E-state index contributed by atoms with van der Waals surface area (Å²) < 4.78 is 37.4. The quantitative estimate of drug-likeness (QED) is 0.795. The number of benzene rings is 1. The maximum atomic E-state index is 12.5. The van der Waals surface area contributed by atoms with Gasteiger partial charge in [-0.3, -0.25) is 4.79 Å². The van der Waals surface area contributed by atoms with Crippen LogP contribution >= 0.6 is 0 Å². The number of aliphatic hydroxyl groups excluding tert-OH is 1. The zero-order valence-electron chi connectivity index (χ0n) is 11.4. The zero-order chi connectivity index (χ0) is 15.6. The summed E-state index contributed by atoms with van der Waals surface area (Å²) in [4.78, 5) is 11.9. The summed E-state index contributed by atoms with van der Waals surface area (Å²) in [7, 11) is 0. The minimum absolute atomic E-state index is 0.265. The molecule has 21 heavy (non-hydrogen) atoms. The highest BCUT2D eigenvalue weighted by Gasteiger charge is 2.31. The fourth-order valence-electron chi connectivity index (χ4n) is 2.27. The van der Waals surface area contributed by atoms with Gasteiger partial charge in [0.05, 0.1) is 23.8 Å². The van der Waals surface area contributed by atoms with Crippen molar-refractivity contribution < 1.29 is 23.1 Å². The van der Waals surface area contributed by atoms with Crippen molar-refractivity contribution in [1.29, 1.82) is 0 Å². The second kappa shape index (κ2) is 6.03. The molecule has 0 saturated carbocycles. The lowest BCUT2D eigenvalue weighted by molar-refractivity contribution is -0.137. The predicted molar refractivity (Wildman–Crippen MR) is 70.4 cm³/mol. The molecule has 0 aromatic heterocycles. The van der Waals surface area contributed by atoms with Crippen molar-refractivity contribution >= 4 is 5.91 Å². The highest BCUT2D eigenvalue weighted by molar-refractivity contribution is 5.82. The molecule has 0 bridgehead atoms. The number of β-amino-alcohol motifs (C(OH)–C–C–N with tert-alkyl or cyclic N) is 1. The van der Waals surface area contributed by atoms with Gasteiger partial charge in [0, 0.05) is 6.54 Å². The van der Waals surface area contributed by atoms with Crippen LogP contribution in [-0.2, 0) is 11.0 Å². The van der Waals surface area contributed by atoms with Gasteiger partial charge in [-0.05, 0) is 31.0 Å². The summed E-state index contributed by atoms with van der Waals surface area (Å²) in [6, 6.07) is 3.83. The zero-order valence-corrected chi connectivity index (χ0v) is 11.4. The molecule has 1 heterocycles. The first-order valence-corrected chi connectivity index (χ1v) is 6.66. The van der Waals surface area contributed by atoms with E-state index in [0.717, 1.165) is 12.1 Å². The number of rotatable bonds is 3. The predicted octanol–water partition coefficient (Wildman–Crippen LogP) is 1.61. The SMILES string of the molecule is C[C@H](NC(=O)[C@@H]1C[C@@H](O)CN1)c1ccc(C(F)(F)F)cc1. The van der Waals surface area contributed by atoms with E-state index in [1.54, 1.807) is 6.92 Å². The highest BCUT2D eigenvalue weighted by atomic mass is 19.4. The molecular formula is C14H17F3N2O2. The Hall–Kier alpha value is -1.60. The normalized spacial score (nSPS) is 23.9. The average Bonchev–Trinajstić information content (AvgIpc) is 2.84. The molecule has 1 amide bonds. The van der Waals surface area contributed by atoms with E-state index in [0.29, 0.717) is 18.5 Å². The number of nitrogens with one attached hydrogen (secondary N) is 2. The maximum Gasteiger partial charge on any atom is 0.416 e. The van der Waals surface area contributed by atoms with Gasteiger partial charge in [-0.1, -0.05) is 12.1 Å². The monoisotopic (exact) mass is 302 g/mol. The van der Waals surface area contributed by atoms with Gasteiger partial charge in [0.15, 0.2) is 0 Å². The van der Waals surface area contributed by atoms with Crippen LogP contribution in [0.5, 0.6) is 0 Å². The maximum absolute atomic E-state index is 12.5. The first-order chi connectivity index (χ1) is 9.77. The molecule has 1 saturated heterocycles. The van der Waals surface area contributed by atoms with Gasteiger partial charge >= 0.3 is 6.18 Å². The van der Waals surface area contributed by atoms with Crippen LogP contribution in [0.3, 0.4) is 0 Å². The van der Waals surface area contributed by atoms with E-state index >= 15 is 0 Å². The van der Waals surface area contributed by atoms with E-state index in [9.17, 15) is 23.1 Å². The lowest BCUT2D eigenvalue weighted by Gasteiger charge is -2.18. The molecule has 2 rings (SSSR count). The third-order valence-electron chi connectivity index (χ3n) is 3.52. The molecule has 116 valence electrons. The fourth-order valence-corrected chi connectivity index (χ4v) is 2.27. The van der Waals surface area contributed by atoms with Crippen molar-refractivity contribution in [2.45, 2.75) is 37.7 Å². The Morgan fingerprint density at radius 1 is 1.38 bits per heavy atom. The summed E-state index contributed by atoms with van der Waals surface area (Å²) in [5.74, 6) is -0.265. The molecular weight excluding hydrogens is 285 g/mol. The van der Waals surface area contributed by atoms with Crippen LogP contribution < -0.4 is 10.6 Å². The van der Waals surface area contributed by atoms with Crippen LogP contribution in [0.2, 0.25) is 0 Å². The molecule has 7 heteroatoms. The van der Waals surface area contributed by atoms with Crippen molar-refractivity contribution in [2.24, 2.45) is 0 Å². The van der Waals surface area contributed by atoms with Crippen molar-refractivity contribution in [3.8, 4) is 0 Å². The van der Waals surface area contributed by atoms with Crippen LogP contribution in [-0.4, -0.2) is 29.7 Å². The minimum atomic E-state index is -4.37. The number of halogens is 3. The van der Waals surface area contributed by atoms with Gasteiger partial charge in [0.2, 0.25) is 5.91 Å². The standard InChI is InChI=1S/C14H17F3N2O2/c1-8(19-13(21)12-6-11(20)7-18-12)9-2-4-10(5-3-9)14(15,16)17/h2-5,8,11-12,18,20H,6-7H2,1H3,(H,19,21)/t8-,11+,12-/m0/s1. The van der Waals surface area contributed by atoms with Crippen molar-refractivity contribution in [2.75, 3.05) is 6.54 Å². The Kier molecular flexibility index (Phi) is 4.53. The van der Waals surface area contributed by atoms with E-state index in [2.05, 4.69) is 10.6 Å². The molecule has 0 spiro atoms. The Labute approximate surface area is 120 Å². The van der Waals surface area contributed by atoms with Gasteiger partial charge in [0.25, 0.3) is 0 Å². The summed E-state index contributed by atoms with van der Waals surface area (Å²) >= 11 is 0. The number of amides is 1. The third kappa shape index (κ3) is 3.95. The summed E-state index contributed by atoms with van der Waals surface area (Å²) in [5, 5.41) is 15.0. The average molecular weight is 302 g/mol. The number of carbonyl (C=O) groups is 1. The molecule has 1 aliphatic heterocycles. The number of aliphatic hydroxyl groups is 1. The summed E-state index contributed by atoms with van der Waals surface area (Å²) in [6.45, 7) is 2.07. The van der Waals surface area contributed by atoms with Crippen LogP contribution in [0.25, 0.3) is 0 Å². The number of hydrogen-bond acceptors (Lipinski definition) is 3. The highest BCUT2D eigenvalue weighted by Crippen LogP contribution is 2.29. The van der Waals surface area contributed by atoms with Crippen molar-refractivity contribution in [1.82, 2.24) is 10.6 Å². The van der Waals surface area contributed by atoms with E-state index in [-0.39, 0.29) is 5.91 Å². The first-order valence-electron chi connectivity index (χ1n) is 6.66. The topological polar surface area (TPSA) is 61.4 Å². The van der Waals surface area contributed by atoms with E-state index in [1.807, 2.05) is 0 Å². The Balaban J connectivity index is 1.97. The largest absolute Gasteiger partial charge is 0.416 e. The molecule has 1 aromatic carbocycles. The van der Waals surface area contributed by atoms with Crippen molar-refractivity contribution in [3.05, 3.63) is 35.4 Å². The molecule has 3 atom stereocenters. The fraction of sp³-hybridized carbons (Fsp3) is 0.500. The van der Waals surface area contributed by atoms with Crippen LogP contribution in [0.15, 0.2) is 24.3 Å². The lowest BCUT2D eigenvalue weighted by atomic mass is 10.1. The van der Waals surface area contributed by atoms with Gasteiger partial charge in [-0.15, -0.1) is 0 Å². The second-order valence-corrected chi connectivity index (χ2v) is 5.20. The van der Waals surface area contributed by atoms with Crippen LogP contribution in [0.1, 0.15) is 30.5 Å². The number of carbonyl (C=O) groups excluding carboxylic acids is 1. The molecule has 1 fully saturated rings. The summed E-state index contributed by atoms with van der Waals surface area (Å²) in [5.41, 5.74) is -0.125. The second-order valence-electron chi connectivity index (χ2n) is 5.20. The van der Waals surface area contributed by atoms with Gasteiger partial charge < -0.3 is 15.7 Å². The van der Waals surface area contributed by atoms with Crippen LogP contribution in [0.4, 0.5) is 13.2 Å². The van der Waals surface area contributed by atoms with E-state index in [1.165, 1.54) is 12.1 Å². The van der Waals surface area contributed by atoms with E-state index in [4.69, 9.17) is 0 Å². The third-order valence-corrected chi connectivity index (χ3v) is 3.52. The first kappa shape index (κ1) is 15.8. The Morgan fingerprint density at radius 2 is 2.00 bits per heavy atom. The Bertz CT molecular complexity index is 502. The van der Waals surface area contributed by atoms with Gasteiger partial charge in [-0.2, -0.15) is 13.2 Å². The Morgan fingerprint density at radius 3 is 2.48 bits per heavy atom. The molecule has 1 aromatic rings. The summed E-state index contributed by atoms with van der Waals surface area (Å²) in [6.07, 6.45) is -4.57. The molecule has 0 radical (unpaired) electrons. The van der Waals surface area contributed by atoms with Gasteiger partial charge in [-0.25, -0.2) is 0 Å². The molecule has 3 N–H and O–H groups in total. The molecule has 1 aliphatic rings. The van der Waals surface area contributed by atoms with Gasteiger partial charge in [0.1, 0.15) is 0 Å². The molecule has 0 aliphatic carbocycles. The smallest absolute Gasteiger partial charge is 0.392 e. The molecule has 4 nitrogen and oxygen atoms in total.